The van der Waals surface area contributed by atoms with Gasteiger partial charge in [0.2, 0.25) is 11.9 Å². The summed E-state index contributed by atoms with van der Waals surface area (Å²) in [6.07, 6.45) is 1.40. The molecule has 9 heteroatoms. The first-order chi connectivity index (χ1) is 13.5. The fourth-order valence-electron chi connectivity index (χ4n) is 4.31. The number of aromatic nitrogens is 2. The van der Waals surface area contributed by atoms with Crippen LogP contribution in [0.2, 0.25) is 0 Å². The van der Waals surface area contributed by atoms with Gasteiger partial charge in [-0.25, -0.2) is 22.5 Å². The SMILES string of the molecule is CC1(n2c(NC(=O)CC3CC(F)(F)C3(C)F)nc3cc(F)cc(C#N)c32)CCC1. The number of anilines is 1. The van der Waals surface area contributed by atoms with Gasteiger partial charge in [0.15, 0.2) is 5.67 Å². The lowest BCUT2D eigenvalue weighted by atomic mass is 9.67. The Kier molecular flexibility index (Phi) is 4.19. The normalized spacial score (nSPS) is 27.0. The van der Waals surface area contributed by atoms with Crippen molar-refractivity contribution in [3.05, 3.63) is 23.5 Å². The van der Waals surface area contributed by atoms with Gasteiger partial charge in [-0.15, -0.1) is 0 Å². The summed E-state index contributed by atoms with van der Waals surface area (Å²) < 4.78 is 56.5. The van der Waals surface area contributed by atoms with Crippen molar-refractivity contribution in [1.82, 2.24) is 9.55 Å². The third-order valence-electron chi connectivity index (χ3n) is 6.47. The maximum Gasteiger partial charge on any atom is 0.281 e. The van der Waals surface area contributed by atoms with E-state index < -0.39 is 47.6 Å². The number of nitrogens with one attached hydrogen (secondary N) is 1. The van der Waals surface area contributed by atoms with Gasteiger partial charge in [0.1, 0.15) is 11.9 Å². The number of benzene rings is 1. The van der Waals surface area contributed by atoms with Crippen molar-refractivity contribution in [3.63, 3.8) is 0 Å². The zero-order chi connectivity index (χ0) is 21.2. The van der Waals surface area contributed by atoms with Gasteiger partial charge < -0.3 is 4.57 Å². The Balaban J connectivity index is 1.68. The molecule has 0 bridgehead atoms. The predicted molar refractivity (Wildman–Crippen MR) is 97.7 cm³/mol. The zero-order valence-electron chi connectivity index (χ0n) is 16.0. The number of rotatable bonds is 4. The van der Waals surface area contributed by atoms with Gasteiger partial charge in [-0.2, -0.15) is 5.26 Å². The lowest BCUT2D eigenvalue weighted by molar-refractivity contribution is -0.242. The topological polar surface area (TPSA) is 70.7 Å². The Morgan fingerprint density at radius 2 is 2.03 bits per heavy atom. The third kappa shape index (κ3) is 2.88. The summed E-state index contributed by atoms with van der Waals surface area (Å²) in [5.41, 5.74) is -2.43. The van der Waals surface area contributed by atoms with Crippen LogP contribution in [0.1, 0.15) is 51.5 Å². The maximum absolute atomic E-state index is 14.2. The van der Waals surface area contributed by atoms with Gasteiger partial charge >= 0.3 is 0 Å². The van der Waals surface area contributed by atoms with E-state index in [1.807, 2.05) is 13.0 Å². The Bertz CT molecular complexity index is 1050. The van der Waals surface area contributed by atoms with Gasteiger partial charge in [0.25, 0.3) is 5.92 Å². The third-order valence-corrected chi connectivity index (χ3v) is 6.47. The number of nitriles is 1. The largest absolute Gasteiger partial charge is 0.303 e. The highest BCUT2D eigenvalue weighted by Crippen LogP contribution is 2.55. The zero-order valence-corrected chi connectivity index (χ0v) is 16.0. The molecule has 2 fully saturated rings. The Morgan fingerprint density at radius 3 is 2.55 bits per heavy atom. The quantitative estimate of drug-likeness (QED) is 0.748. The molecule has 29 heavy (non-hydrogen) atoms. The number of carbonyl (C=O) groups excluding carboxylic acids is 1. The van der Waals surface area contributed by atoms with E-state index >= 15 is 0 Å². The number of alkyl halides is 3. The molecule has 1 heterocycles. The molecule has 2 aromatic rings. The average Bonchev–Trinajstić information content (AvgIpc) is 2.96. The lowest BCUT2D eigenvalue weighted by Gasteiger charge is -2.47. The maximum atomic E-state index is 14.2. The summed E-state index contributed by atoms with van der Waals surface area (Å²) in [5, 5.41) is 12.0. The molecule has 2 unspecified atom stereocenters. The molecule has 0 aliphatic heterocycles. The highest BCUT2D eigenvalue weighted by atomic mass is 19.3. The van der Waals surface area contributed by atoms with Crippen LogP contribution < -0.4 is 5.32 Å². The van der Waals surface area contributed by atoms with Crippen molar-refractivity contribution in [3.8, 4) is 6.07 Å². The van der Waals surface area contributed by atoms with Crippen molar-refractivity contribution in [2.45, 2.75) is 63.1 Å². The molecule has 1 amide bonds. The van der Waals surface area contributed by atoms with Crippen LogP contribution in [0.5, 0.6) is 0 Å². The highest BCUT2D eigenvalue weighted by molar-refractivity contribution is 5.93. The first kappa shape index (κ1) is 19.7. The van der Waals surface area contributed by atoms with Gasteiger partial charge in [-0.3, -0.25) is 10.1 Å². The van der Waals surface area contributed by atoms with Crippen LogP contribution in [0.15, 0.2) is 12.1 Å². The van der Waals surface area contributed by atoms with E-state index in [-0.39, 0.29) is 17.0 Å². The van der Waals surface area contributed by atoms with E-state index in [4.69, 9.17) is 0 Å². The van der Waals surface area contributed by atoms with E-state index in [9.17, 15) is 27.6 Å². The van der Waals surface area contributed by atoms with Crippen LogP contribution in [-0.2, 0) is 10.3 Å². The van der Waals surface area contributed by atoms with Crippen molar-refractivity contribution < 1.29 is 22.4 Å². The van der Waals surface area contributed by atoms with E-state index in [0.29, 0.717) is 5.52 Å². The molecule has 5 nitrogen and oxygen atoms in total. The van der Waals surface area contributed by atoms with Gasteiger partial charge in [0, 0.05) is 30.4 Å². The van der Waals surface area contributed by atoms with E-state index in [2.05, 4.69) is 10.3 Å². The summed E-state index contributed by atoms with van der Waals surface area (Å²) in [6, 6.07) is 4.25. The molecule has 2 saturated carbocycles. The number of fused-ring (bicyclic) bond motifs is 1. The van der Waals surface area contributed by atoms with Crippen molar-refractivity contribution in [2.75, 3.05) is 5.32 Å². The molecule has 154 valence electrons. The fraction of sp³-hybridized carbons (Fsp3) is 0.550. The summed E-state index contributed by atoms with van der Waals surface area (Å²) >= 11 is 0. The number of nitrogens with zero attached hydrogens (tertiary/aromatic N) is 3. The lowest BCUT2D eigenvalue weighted by Crippen LogP contribution is -2.60. The molecule has 0 spiro atoms. The second-order valence-electron chi connectivity index (χ2n) is 8.49. The number of imidazole rings is 1. The minimum absolute atomic E-state index is 0.0936. The molecule has 1 aromatic carbocycles. The molecule has 2 atom stereocenters. The minimum Gasteiger partial charge on any atom is -0.303 e. The van der Waals surface area contributed by atoms with Gasteiger partial charge in [-0.1, -0.05) is 0 Å². The highest BCUT2D eigenvalue weighted by Gasteiger charge is 2.66. The number of carbonyl (C=O) groups is 1. The number of hydrogen-bond acceptors (Lipinski definition) is 3. The van der Waals surface area contributed by atoms with E-state index in [1.54, 1.807) is 4.57 Å². The second kappa shape index (κ2) is 6.18. The average molecular weight is 408 g/mol. The van der Waals surface area contributed by atoms with Crippen LogP contribution in [0.4, 0.5) is 23.5 Å². The summed E-state index contributed by atoms with van der Waals surface area (Å²) in [5.74, 6) is -5.69. The molecule has 2 aliphatic rings. The van der Waals surface area contributed by atoms with Gasteiger partial charge in [0.05, 0.1) is 16.6 Å². The van der Waals surface area contributed by atoms with Crippen LogP contribution >= 0.6 is 0 Å². The summed E-state index contributed by atoms with van der Waals surface area (Å²) in [7, 11) is 0. The van der Waals surface area contributed by atoms with Gasteiger partial charge in [-0.05, 0) is 39.2 Å². The predicted octanol–water partition coefficient (Wildman–Crippen LogP) is 4.66. The summed E-state index contributed by atoms with van der Waals surface area (Å²) in [4.78, 5) is 16.8. The molecule has 0 radical (unpaired) electrons. The molecular formula is C20H20F4N4O. The molecule has 4 rings (SSSR count). The fourth-order valence-corrected chi connectivity index (χ4v) is 4.31. The Labute approximate surface area is 164 Å². The number of halogens is 4. The standard InChI is InChI=1S/C20H20F4N4O/c1-18(4-3-5-18)28-16-11(10-25)6-13(21)8-14(16)26-17(28)27-15(29)7-12-9-20(23,24)19(12,2)22/h6,8,12H,3-5,7,9H2,1-2H3,(H,26,27,29). The molecule has 2 aliphatic carbocycles. The monoisotopic (exact) mass is 408 g/mol. The molecular weight excluding hydrogens is 388 g/mol. The van der Waals surface area contributed by atoms with Crippen LogP contribution in [0.25, 0.3) is 11.0 Å². The van der Waals surface area contributed by atoms with Crippen molar-refractivity contribution in [1.29, 1.82) is 5.26 Å². The molecule has 1 N–H and O–H groups in total. The second-order valence-corrected chi connectivity index (χ2v) is 8.49. The van der Waals surface area contributed by atoms with E-state index in [0.717, 1.165) is 32.3 Å². The van der Waals surface area contributed by atoms with Crippen molar-refractivity contribution in [2.24, 2.45) is 5.92 Å². The van der Waals surface area contributed by atoms with Crippen LogP contribution in [0.3, 0.4) is 0 Å². The smallest absolute Gasteiger partial charge is 0.281 e. The number of hydrogen-bond donors (Lipinski definition) is 1. The first-order valence-electron chi connectivity index (χ1n) is 9.48. The minimum atomic E-state index is -3.44. The first-order valence-corrected chi connectivity index (χ1v) is 9.48. The van der Waals surface area contributed by atoms with Crippen molar-refractivity contribution >= 4 is 22.9 Å². The Hall–Kier alpha value is -2.63. The molecule has 0 saturated heterocycles. The van der Waals surface area contributed by atoms with Crippen LogP contribution in [-0.4, -0.2) is 27.0 Å². The Morgan fingerprint density at radius 1 is 1.34 bits per heavy atom. The number of amides is 1. The summed E-state index contributed by atoms with van der Waals surface area (Å²) in [6.45, 7) is 2.75. The van der Waals surface area contributed by atoms with E-state index in [1.165, 1.54) is 6.07 Å². The van der Waals surface area contributed by atoms with Crippen LogP contribution in [0, 0.1) is 23.1 Å². The molecule has 1 aromatic heterocycles.